The monoisotopic (exact) mass is 483 g/mol. The lowest BCUT2D eigenvalue weighted by atomic mass is 9.68. The predicted octanol–water partition coefficient (Wildman–Crippen LogP) is 4.69. The van der Waals surface area contributed by atoms with Crippen LogP contribution in [-0.2, 0) is 10.2 Å². The summed E-state index contributed by atoms with van der Waals surface area (Å²) in [5.74, 6) is -0.374. The topological polar surface area (TPSA) is 75.9 Å². The number of nitrogens with two attached hydrogens (primary N) is 1. The first-order valence-electron chi connectivity index (χ1n) is 10.2. The summed E-state index contributed by atoms with van der Waals surface area (Å²) in [7, 11) is 1.36. The molecule has 2 aliphatic rings. The zero-order chi connectivity index (χ0) is 21.3. The van der Waals surface area contributed by atoms with Crippen molar-refractivity contribution >= 4 is 52.3 Å². The van der Waals surface area contributed by atoms with Gasteiger partial charge in [-0.1, -0.05) is 23.7 Å². The quantitative estimate of drug-likeness (QED) is 0.625. The van der Waals surface area contributed by atoms with E-state index in [0.717, 1.165) is 35.7 Å². The van der Waals surface area contributed by atoms with Crippen LogP contribution in [0, 0.1) is 0 Å². The molecule has 31 heavy (non-hydrogen) atoms. The third-order valence-corrected chi connectivity index (χ3v) is 7.79. The number of benzene rings is 1. The molecule has 2 amide bonds. The van der Waals surface area contributed by atoms with Crippen molar-refractivity contribution in [2.75, 3.05) is 31.6 Å². The number of amides is 2. The van der Waals surface area contributed by atoms with E-state index in [9.17, 15) is 9.59 Å². The van der Waals surface area contributed by atoms with Gasteiger partial charge in [0.05, 0.1) is 12.1 Å². The van der Waals surface area contributed by atoms with Gasteiger partial charge in [-0.05, 0) is 55.5 Å². The SMILES string of the molecule is COC(=O)c1ccc(N2CCN(C3CCC(CN)(c4cccc(Cl)c4)CC3)C2=O)s1.Cl. The van der Waals surface area contributed by atoms with Crippen molar-refractivity contribution in [3.05, 3.63) is 51.9 Å². The minimum Gasteiger partial charge on any atom is -0.465 e. The largest absolute Gasteiger partial charge is 0.465 e. The van der Waals surface area contributed by atoms with Gasteiger partial charge in [0.25, 0.3) is 0 Å². The number of hydrogen-bond donors (Lipinski definition) is 1. The number of urea groups is 1. The van der Waals surface area contributed by atoms with Crippen molar-refractivity contribution < 1.29 is 14.3 Å². The summed E-state index contributed by atoms with van der Waals surface area (Å²) in [5, 5.41) is 1.52. The molecule has 4 rings (SSSR count). The Morgan fingerprint density at radius 1 is 1.26 bits per heavy atom. The zero-order valence-corrected chi connectivity index (χ0v) is 19.8. The standard InChI is InChI=1S/C22H26ClN3O3S.ClH/c1-29-20(27)18-5-6-19(30-18)26-12-11-25(21(26)28)17-7-9-22(14-24,10-8-17)15-3-2-4-16(23)13-15;/h2-6,13,17H,7-12,14,24H2,1H3;1H. The molecule has 0 unspecified atom stereocenters. The van der Waals surface area contributed by atoms with Gasteiger partial charge >= 0.3 is 12.0 Å². The van der Waals surface area contributed by atoms with Crippen LogP contribution in [0.1, 0.15) is 40.9 Å². The Labute approximate surface area is 197 Å². The van der Waals surface area contributed by atoms with Crippen molar-refractivity contribution in [1.82, 2.24) is 4.90 Å². The number of nitrogens with zero attached hydrogens (tertiary/aromatic N) is 2. The number of methoxy groups -OCH3 is 1. The number of anilines is 1. The fourth-order valence-electron chi connectivity index (χ4n) is 4.68. The van der Waals surface area contributed by atoms with Crippen LogP contribution < -0.4 is 10.6 Å². The number of carbonyl (C=O) groups is 2. The number of esters is 1. The Hall–Kier alpha value is -1.80. The van der Waals surface area contributed by atoms with Gasteiger partial charge in [0, 0.05) is 36.1 Å². The molecule has 1 saturated heterocycles. The number of carbonyl (C=O) groups excluding carboxylic acids is 2. The maximum Gasteiger partial charge on any atom is 0.348 e. The van der Waals surface area contributed by atoms with E-state index < -0.39 is 0 Å². The van der Waals surface area contributed by atoms with E-state index in [0.29, 0.717) is 24.5 Å². The Balaban J connectivity index is 0.00000272. The fraction of sp³-hybridized carbons (Fsp3) is 0.455. The van der Waals surface area contributed by atoms with E-state index in [2.05, 4.69) is 6.07 Å². The van der Waals surface area contributed by atoms with Gasteiger partial charge in [-0.15, -0.1) is 23.7 Å². The first-order valence-corrected chi connectivity index (χ1v) is 11.4. The highest BCUT2D eigenvalue weighted by atomic mass is 35.5. The number of rotatable bonds is 5. The molecule has 0 radical (unpaired) electrons. The summed E-state index contributed by atoms with van der Waals surface area (Å²) in [6.07, 6.45) is 3.70. The van der Waals surface area contributed by atoms with Crippen LogP contribution in [0.3, 0.4) is 0 Å². The summed E-state index contributed by atoms with van der Waals surface area (Å²) >= 11 is 7.50. The molecule has 9 heteroatoms. The summed E-state index contributed by atoms with van der Waals surface area (Å²) in [4.78, 5) is 29.1. The normalized spacial score (nSPS) is 23.6. The lowest BCUT2D eigenvalue weighted by molar-refractivity contribution is 0.0606. The zero-order valence-electron chi connectivity index (χ0n) is 17.4. The molecule has 168 valence electrons. The minimum absolute atomic E-state index is 0. The Kier molecular flexibility index (Phi) is 7.52. The summed E-state index contributed by atoms with van der Waals surface area (Å²) < 4.78 is 4.77. The number of thiophene rings is 1. The molecule has 0 spiro atoms. The average Bonchev–Trinajstić information content (AvgIpc) is 3.40. The van der Waals surface area contributed by atoms with Crippen molar-refractivity contribution in [2.45, 2.75) is 37.1 Å². The average molecular weight is 484 g/mol. The van der Waals surface area contributed by atoms with Gasteiger partial charge in [-0.25, -0.2) is 9.59 Å². The van der Waals surface area contributed by atoms with Gasteiger partial charge in [-0.3, -0.25) is 4.90 Å². The van der Waals surface area contributed by atoms with E-state index in [4.69, 9.17) is 22.1 Å². The first-order chi connectivity index (χ1) is 14.5. The molecule has 6 nitrogen and oxygen atoms in total. The Morgan fingerprint density at radius 3 is 2.65 bits per heavy atom. The molecule has 1 aliphatic carbocycles. The van der Waals surface area contributed by atoms with Crippen LogP contribution in [-0.4, -0.2) is 49.7 Å². The number of ether oxygens (including phenoxy) is 1. The third-order valence-electron chi connectivity index (χ3n) is 6.47. The molecular formula is C22H27Cl2N3O3S. The van der Waals surface area contributed by atoms with Crippen molar-refractivity contribution in [2.24, 2.45) is 5.73 Å². The maximum absolute atomic E-state index is 13.1. The van der Waals surface area contributed by atoms with Crippen LogP contribution in [0.5, 0.6) is 0 Å². The molecule has 0 atom stereocenters. The predicted molar refractivity (Wildman–Crippen MR) is 127 cm³/mol. The van der Waals surface area contributed by atoms with Crippen molar-refractivity contribution in [3.63, 3.8) is 0 Å². The number of hydrogen-bond acceptors (Lipinski definition) is 5. The molecule has 0 bridgehead atoms. The maximum atomic E-state index is 13.1. The molecule has 2 fully saturated rings. The van der Waals surface area contributed by atoms with Gasteiger partial charge in [0.15, 0.2) is 0 Å². The van der Waals surface area contributed by atoms with E-state index in [-0.39, 0.29) is 35.9 Å². The van der Waals surface area contributed by atoms with E-state index in [1.165, 1.54) is 24.0 Å². The van der Waals surface area contributed by atoms with Crippen LogP contribution in [0.4, 0.5) is 9.80 Å². The smallest absolute Gasteiger partial charge is 0.348 e. The molecule has 1 aliphatic heterocycles. The fourth-order valence-corrected chi connectivity index (χ4v) is 5.81. The second-order valence-electron chi connectivity index (χ2n) is 7.98. The van der Waals surface area contributed by atoms with Crippen molar-refractivity contribution in [3.8, 4) is 0 Å². The van der Waals surface area contributed by atoms with Crippen LogP contribution in [0.2, 0.25) is 5.02 Å². The molecule has 1 aromatic heterocycles. The summed E-state index contributed by atoms with van der Waals surface area (Å²) in [6, 6.07) is 11.7. The van der Waals surface area contributed by atoms with Gasteiger partial charge in [0.1, 0.15) is 4.88 Å². The molecule has 2 N–H and O–H groups in total. The molecular weight excluding hydrogens is 457 g/mol. The number of halogens is 2. The first kappa shape index (κ1) is 23.9. The summed E-state index contributed by atoms with van der Waals surface area (Å²) in [5.41, 5.74) is 7.33. The third kappa shape index (κ3) is 4.55. The van der Waals surface area contributed by atoms with Gasteiger partial charge in [-0.2, -0.15) is 0 Å². The molecule has 2 aromatic rings. The molecule has 2 heterocycles. The van der Waals surface area contributed by atoms with E-state index in [1.807, 2.05) is 29.2 Å². The van der Waals surface area contributed by atoms with Crippen molar-refractivity contribution in [1.29, 1.82) is 0 Å². The Morgan fingerprint density at radius 2 is 2.00 bits per heavy atom. The Bertz CT molecular complexity index is 944. The summed E-state index contributed by atoms with van der Waals surface area (Å²) in [6.45, 7) is 1.90. The van der Waals surface area contributed by atoms with Gasteiger partial charge in [0.2, 0.25) is 0 Å². The highest BCUT2D eigenvalue weighted by Crippen LogP contribution is 2.42. The lowest BCUT2D eigenvalue weighted by Crippen LogP contribution is -2.46. The van der Waals surface area contributed by atoms with E-state index >= 15 is 0 Å². The second kappa shape index (κ2) is 9.77. The molecule has 1 aromatic carbocycles. The van der Waals surface area contributed by atoms with E-state index in [1.54, 1.807) is 11.0 Å². The highest BCUT2D eigenvalue weighted by molar-refractivity contribution is 7.18. The van der Waals surface area contributed by atoms with Crippen LogP contribution >= 0.6 is 35.3 Å². The van der Waals surface area contributed by atoms with Gasteiger partial charge < -0.3 is 15.4 Å². The molecule has 1 saturated carbocycles. The van der Waals surface area contributed by atoms with Crippen LogP contribution in [0.15, 0.2) is 36.4 Å². The highest BCUT2D eigenvalue weighted by Gasteiger charge is 2.41. The van der Waals surface area contributed by atoms with Crippen LogP contribution in [0.25, 0.3) is 0 Å². The lowest BCUT2D eigenvalue weighted by Gasteiger charge is -2.42. The minimum atomic E-state index is -0.374. The second-order valence-corrected chi connectivity index (χ2v) is 9.48.